The topological polar surface area (TPSA) is 72.5 Å². The maximum Gasteiger partial charge on any atom is 0.302 e. The number of ether oxygens (including phenoxy) is 1. The summed E-state index contributed by atoms with van der Waals surface area (Å²) in [5.74, 6) is 1.52. The number of rotatable bonds is 1. The van der Waals surface area contributed by atoms with Crippen LogP contribution in [0.1, 0.15) is 78.6 Å². The van der Waals surface area contributed by atoms with Crippen molar-refractivity contribution in [2.75, 3.05) is 0 Å². The lowest BCUT2D eigenvalue weighted by Gasteiger charge is -2.61. The number of ketones is 1. The van der Waals surface area contributed by atoms with Crippen molar-refractivity contribution < 1.29 is 19.1 Å². The standard InChI is InChI=1S/C24H33NO4/c1-14(26)29-19-13-23(3)18(7-10-24(23)11-8-20(28)25-24)17-5-4-15-12-16(27)6-9-22(15,2)21(17)19/h4,17-19,21H,5-13H2,1-3H3,(H,25,28)/t17?,18?,19-,21?,22-,23-,24+/m0/s1. The maximum atomic E-state index is 12.2. The number of carbonyl (C=O) groups excluding carboxylic acids is 3. The molecule has 0 aromatic carbocycles. The van der Waals surface area contributed by atoms with Gasteiger partial charge >= 0.3 is 5.97 Å². The van der Waals surface area contributed by atoms with Crippen molar-refractivity contribution in [1.29, 1.82) is 0 Å². The van der Waals surface area contributed by atoms with Crippen molar-refractivity contribution in [1.82, 2.24) is 5.32 Å². The van der Waals surface area contributed by atoms with E-state index in [4.69, 9.17) is 4.74 Å². The molecule has 3 saturated carbocycles. The van der Waals surface area contributed by atoms with Gasteiger partial charge in [-0.05, 0) is 61.2 Å². The summed E-state index contributed by atoms with van der Waals surface area (Å²) >= 11 is 0. The molecule has 4 fully saturated rings. The molecule has 1 spiro atoms. The molecule has 158 valence electrons. The second-order valence-electron chi connectivity index (χ2n) is 10.8. The molecular formula is C24H33NO4. The van der Waals surface area contributed by atoms with Crippen LogP contribution in [0, 0.1) is 28.6 Å². The molecule has 5 heteroatoms. The summed E-state index contributed by atoms with van der Waals surface area (Å²) < 4.78 is 6.04. The van der Waals surface area contributed by atoms with Gasteiger partial charge in [0.1, 0.15) is 11.9 Å². The Morgan fingerprint density at radius 1 is 1.17 bits per heavy atom. The second-order valence-corrected chi connectivity index (χ2v) is 10.8. The summed E-state index contributed by atoms with van der Waals surface area (Å²) in [6, 6.07) is 0. The number of amides is 1. The Balaban J connectivity index is 1.58. The van der Waals surface area contributed by atoms with E-state index in [0.29, 0.717) is 36.9 Å². The van der Waals surface area contributed by atoms with Gasteiger partial charge in [0.05, 0.1) is 0 Å². The average Bonchev–Trinajstić information content (AvgIpc) is 3.16. The first-order valence-electron chi connectivity index (χ1n) is 11.4. The van der Waals surface area contributed by atoms with Gasteiger partial charge in [-0.15, -0.1) is 0 Å². The third kappa shape index (κ3) is 2.55. The van der Waals surface area contributed by atoms with Crippen LogP contribution in [-0.2, 0) is 19.1 Å². The first-order valence-corrected chi connectivity index (χ1v) is 11.4. The van der Waals surface area contributed by atoms with E-state index in [1.807, 2.05) is 0 Å². The Kier molecular flexibility index (Phi) is 4.12. The third-order valence-electron chi connectivity index (χ3n) is 9.69. The number of nitrogens with one attached hydrogen (secondary N) is 1. The highest BCUT2D eigenvalue weighted by Crippen LogP contribution is 2.68. The highest BCUT2D eigenvalue weighted by Gasteiger charge is 2.68. The summed E-state index contributed by atoms with van der Waals surface area (Å²) in [7, 11) is 0. The van der Waals surface area contributed by atoms with E-state index in [1.54, 1.807) is 0 Å². The van der Waals surface area contributed by atoms with Crippen molar-refractivity contribution in [3.05, 3.63) is 11.6 Å². The fraction of sp³-hybridized carbons (Fsp3) is 0.792. The van der Waals surface area contributed by atoms with Crippen LogP contribution in [0.2, 0.25) is 0 Å². The van der Waals surface area contributed by atoms with Crippen LogP contribution in [0.15, 0.2) is 11.6 Å². The molecule has 0 radical (unpaired) electrons. The van der Waals surface area contributed by atoms with Crippen molar-refractivity contribution in [3.8, 4) is 0 Å². The van der Waals surface area contributed by atoms with Crippen LogP contribution >= 0.6 is 0 Å². The van der Waals surface area contributed by atoms with Gasteiger partial charge in [-0.2, -0.15) is 0 Å². The summed E-state index contributed by atoms with van der Waals surface area (Å²) in [6.45, 7) is 6.16. The monoisotopic (exact) mass is 399 g/mol. The van der Waals surface area contributed by atoms with Crippen LogP contribution < -0.4 is 5.32 Å². The van der Waals surface area contributed by atoms with Crippen LogP contribution in [0.5, 0.6) is 0 Å². The van der Waals surface area contributed by atoms with Gasteiger partial charge in [0.25, 0.3) is 0 Å². The van der Waals surface area contributed by atoms with Crippen molar-refractivity contribution in [2.45, 2.75) is 90.2 Å². The first kappa shape index (κ1) is 19.3. The summed E-state index contributed by atoms with van der Waals surface area (Å²) in [5, 5.41) is 3.37. The Morgan fingerprint density at radius 2 is 1.97 bits per heavy atom. The molecule has 3 unspecified atom stereocenters. The van der Waals surface area contributed by atoms with E-state index in [1.165, 1.54) is 12.5 Å². The minimum atomic E-state index is -0.218. The summed E-state index contributed by atoms with van der Waals surface area (Å²) in [5.41, 5.74) is 1.02. The van der Waals surface area contributed by atoms with Crippen molar-refractivity contribution >= 4 is 17.7 Å². The summed E-state index contributed by atoms with van der Waals surface area (Å²) in [4.78, 5) is 36.4. The average molecular weight is 400 g/mol. The van der Waals surface area contributed by atoms with Gasteiger partial charge in [0.2, 0.25) is 5.91 Å². The van der Waals surface area contributed by atoms with E-state index in [9.17, 15) is 14.4 Å². The Morgan fingerprint density at radius 3 is 2.66 bits per heavy atom. The predicted octanol–water partition coefficient (Wildman–Crippen LogP) is 3.71. The molecule has 0 aromatic heterocycles. The predicted molar refractivity (Wildman–Crippen MR) is 108 cm³/mol. The molecule has 1 amide bonds. The number of hydrogen-bond donors (Lipinski definition) is 1. The number of esters is 1. The molecule has 4 aliphatic carbocycles. The molecule has 5 rings (SSSR count). The summed E-state index contributed by atoms with van der Waals surface area (Å²) in [6.07, 6.45) is 9.70. The van der Waals surface area contributed by atoms with Gasteiger partial charge < -0.3 is 10.1 Å². The second kappa shape index (κ2) is 6.18. The van der Waals surface area contributed by atoms with Crippen LogP contribution in [0.25, 0.3) is 0 Å². The number of Topliss-reactive ketones (excluding diaryl/α,β-unsaturated/α-hetero) is 1. The lowest BCUT2D eigenvalue weighted by molar-refractivity contribution is -0.175. The van der Waals surface area contributed by atoms with Gasteiger partial charge in [0, 0.05) is 37.6 Å². The number of fused-ring (bicyclic) bond motifs is 6. The number of hydrogen-bond acceptors (Lipinski definition) is 4. The minimum Gasteiger partial charge on any atom is -0.462 e. The molecule has 7 atom stereocenters. The fourth-order valence-electron chi connectivity index (χ4n) is 8.35. The molecule has 1 aliphatic heterocycles. The minimum absolute atomic E-state index is 0.0490. The Labute approximate surface area is 173 Å². The van der Waals surface area contributed by atoms with Gasteiger partial charge in [0.15, 0.2) is 0 Å². The van der Waals surface area contributed by atoms with Gasteiger partial charge in [-0.3, -0.25) is 14.4 Å². The molecule has 29 heavy (non-hydrogen) atoms. The molecule has 1 saturated heterocycles. The number of carbonyl (C=O) groups is 3. The van der Waals surface area contributed by atoms with E-state index in [-0.39, 0.29) is 40.3 Å². The Hall–Kier alpha value is -1.65. The van der Waals surface area contributed by atoms with Crippen LogP contribution in [0.3, 0.4) is 0 Å². The lowest BCUT2D eigenvalue weighted by Crippen LogP contribution is -2.62. The molecule has 5 nitrogen and oxygen atoms in total. The zero-order chi connectivity index (χ0) is 20.6. The smallest absolute Gasteiger partial charge is 0.302 e. The van der Waals surface area contributed by atoms with E-state index < -0.39 is 0 Å². The molecule has 1 N–H and O–H groups in total. The van der Waals surface area contributed by atoms with Gasteiger partial charge in [-0.25, -0.2) is 0 Å². The normalized spacial score (nSPS) is 48.4. The molecule has 5 aliphatic rings. The molecule has 0 aromatic rings. The van der Waals surface area contributed by atoms with Crippen molar-refractivity contribution in [2.24, 2.45) is 28.6 Å². The zero-order valence-electron chi connectivity index (χ0n) is 17.9. The number of allylic oxidation sites excluding steroid dienone is 2. The first-order chi connectivity index (χ1) is 13.7. The lowest BCUT2D eigenvalue weighted by atomic mass is 9.45. The quantitative estimate of drug-likeness (QED) is 0.539. The molecular weight excluding hydrogens is 366 g/mol. The largest absolute Gasteiger partial charge is 0.462 e. The fourth-order valence-corrected chi connectivity index (χ4v) is 8.35. The highest BCUT2D eigenvalue weighted by atomic mass is 16.5. The van der Waals surface area contributed by atoms with Crippen LogP contribution in [0.4, 0.5) is 0 Å². The maximum absolute atomic E-state index is 12.2. The SMILES string of the molecule is CC(=O)O[C@H]1C[C@@]2(C)C(CC[C@@]23CCC(=O)N3)C2CC=C3CC(=O)CC[C@]3(C)C21. The van der Waals surface area contributed by atoms with E-state index in [2.05, 4.69) is 25.2 Å². The van der Waals surface area contributed by atoms with Gasteiger partial charge in [-0.1, -0.05) is 25.5 Å². The Bertz CT molecular complexity index is 818. The molecule has 0 bridgehead atoms. The zero-order valence-corrected chi connectivity index (χ0v) is 17.9. The molecule has 1 heterocycles. The van der Waals surface area contributed by atoms with Crippen LogP contribution in [-0.4, -0.2) is 29.3 Å². The third-order valence-corrected chi connectivity index (χ3v) is 9.69. The van der Waals surface area contributed by atoms with Crippen molar-refractivity contribution in [3.63, 3.8) is 0 Å². The van der Waals surface area contributed by atoms with E-state index >= 15 is 0 Å². The van der Waals surface area contributed by atoms with E-state index in [0.717, 1.165) is 38.5 Å². The highest BCUT2D eigenvalue weighted by molar-refractivity contribution is 5.83.